The molecule has 2 rings (SSSR count). The van der Waals surface area contributed by atoms with Gasteiger partial charge in [0, 0.05) is 12.3 Å². The Bertz CT molecular complexity index is 427. The van der Waals surface area contributed by atoms with E-state index in [0.717, 1.165) is 25.7 Å². The Morgan fingerprint density at radius 2 is 1.79 bits per heavy atom. The van der Waals surface area contributed by atoms with Crippen LogP contribution in [0.3, 0.4) is 0 Å². The van der Waals surface area contributed by atoms with Gasteiger partial charge in [-0.3, -0.25) is 4.79 Å². The van der Waals surface area contributed by atoms with Gasteiger partial charge in [0.1, 0.15) is 5.78 Å². The van der Waals surface area contributed by atoms with Gasteiger partial charge in [-0.1, -0.05) is 44.9 Å². The highest BCUT2D eigenvalue weighted by Crippen LogP contribution is 2.24. The van der Waals surface area contributed by atoms with Gasteiger partial charge >= 0.3 is 0 Å². The first kappa shape index (κ1) is 14.3. The summed E-state index contributed by atoms with van der Waals surface area (Å²) in [6.45, 7) is 4.34. The van der Waals surface area contributed by atoms with Crippen LogP contribution < -0.4 is 0 Å². The number of aryl methyl sites for hydroxylation is 2. The van der Waals surface area contributed by atoms with Crippen molar-refractivity contribution in [1.82, 2.24) is 0 Å². The van der Waals surface area contributed by atoms with Crippen LogP contribution in [0.5, 0.6) is 0 Å². The van der Waals surface area contributed by atoms with Gasteiger partial charge < -0.3 is 0 Å². The zero-order chi connectivity index (χ0) is 13.7. The average Bonchev–Trinajstić information content (AvgIpc) is 2.86. The molecule has 0 bridgehead atoms. The maximum Gasteiger partial charge on any atom is 0.140 e. The minimum atomic E-state index is 0.281. The predicted octanol–water partition coefficient (Wildman–Crippen LogP) is 4.50. The fourth-order valence-electron chi connectivity index (χ4n) is 3.24. The van der Waals surface area contributed by atoms with E-state index in [4.69, 9.17) is 0 Å². The van der Waals surface area contributed by atoms with Gasteiger partial charge in [-0.05, 0) is 48.8 Å². The largest absolute Gasteiger partial charge is 0.299 e. The molecule has 1 aromatic rings. The number of carbonyl (C=O) groups is 1. The monoisotopic (exact) mass is 258 g/mol. The molecule has 0 N–H and O–H groups in total. The summed E-state index contributed by atoms with van der Waals surface area (Å²) in [5, 5.41) is 0. The molecule has 0 radical (unpaired) electrons. The lowest BCUT2D eigenvalue weighted by atomic mass is 9.89. The fraction of sp³-hybridized carbons (Fsp3) is 0.611. The number of hydrogen-bond acceptors (Lipinski definition) is 1. The summed E-state index contributed by atoms with van der Waals surface area (Å²) in [7, 11) is 0. The zero-order valence-corrected chi connectivity index (χ0v) is 12.4. The maximum absolute atomic E-state index is 12.4. The molecule has 0 unspecified atom stereocenters. The van der Waals surface area contributed by atoms with Gasteiger partial charge in [-0.2, -0.15) is 0 Å². The van der Waals surface area contributed by atoms with Crippen molar-refractivity contribution in [1.29, 1.82) is 0 Å². The SMILES string of the molecule is CCCC(CCC)C(=O)Cc1ccc2c(c1)CCC2. The molecule has 1 nitrogen and oxygen atoms in total. The molecule has 0 saturated heterocycles. The van der Waals surface area contributed by atoms with E-state index in [1.165, 1.54) is 36.0 Å². The average molecular weight is 258 g/mol. The number of fused-ring (bicyclic) bond motifs is 1. The Balaban J connectivity index is 2.01. The van der Waals surface area contributed by atoms with Crippen LogP contribution in [0.2, 0.25) is 0 Å². The van der Waals surface area contributed by atoms with Crippen molar-refractivity contribution in [3.8, 4) is 0 Å². The van der Waals surface area contributed by atoms with Crippen LogP contribution in [-0.4, -0.2) is 5.78 Å². The first-order chi connectivity index (χ1) is 9.24. The van der Waals surface area contributed by atoms with Gasteiger partial charge in [-0.15, -0.1) is 0 Å². The van der Waals surface area contributed by atoms with Crippen LogP contribution in [0.25, 0.3) is 0 Å². The Morgan fingerprint density at radius 3 is 2.47 bits per heavy atom. The molecule has 104 valence electrons. The third-order valence-corrected chi connectivity index (χ3v) is 4.27. The van der Waals surface area contributed by atoms with E-state index < -0.39 is 0 Å². The second kappa shape index (κ2) is 6.88. The predicted molar refractivity (Wildman–Crippen MR) is 80.5 cm³/mol. The minimum absolute atomic E-state index is 0.281. The molecule has 0 saturated carbocycles. The number of rotatable bonds is 7. The van der Waals surface area contributed by atoms with Crippen molar-refractivity contribution in [2.24, 2.45) is 5.92 Å². The second-order valence-corrected chi connectivity index (χ2v) is 5.87. The van der Waals surface area contributed by atoms with E-state index in [1.54, 1.807) is 0 Å². The van der Waals surface area contributed by atoms with Crippen LogP contribution in [-0.2, 0) is 24.1 Å². The highest BCUT2D eigenvalue weighted by Gasteiger charge is 2.18. The highest BCUT2D eigenvalue weighted by atomic mass is 16.1. The van der Waals surface area contributed by atoms with Crippen molar-refractivity contribution in [3.05, 3.63) is 34.9 Å². The van der Waals surface area contributed by atoms with E-state index in [9.17, 15) is 4.79 Å². The third kappa shape index (κ3) is 3.68. The molecule has 0 amide bonds. The quantitative estimate of drug-likeness (QED) is 0.703. The molecule has 1 aromatic carbocycles. The van der Waals surface area contributed by atoms with Gasteiger partial charge in [0.2, 0.25) is 0 Å². The lowest BCUT2D eigenvalue weighted by Gasteiger charge is -2.14. The van der Waals surface area contributed by atoms with Gasteiger partial charge in [-0.25, -0.2) is 0 Å². The summed E-state index contributed by atoms with van der Waals surface area (Å²) in [6.07, 6.45) is 8.66. The Kier molecular flexibility index (Phi) is 5.18. The van der Waals surface area contributed by atoms with Gasteiger partial charge in [0.15, 0.2) is 0 Å². The summed E-state index contributed by atoms with van der Waals surface area (Å²) in [5.74, 6) is 0.727. The molecule has 0 aliphatic heterocycles. The molecular weight excluding hydrogens is 232 g/mol. The summed E-state index contributed by atoms with van der Waals surface area (Å²) in [4.78, 5) is 12.4. The first-order valence-corrected chi connectivity index (χ1v) is 7.88. The number of benzene rings is 1. The third-order valence-electron chi connectivity index (χ3n) is 4.27. The Hall–Kier alpha value is -1.11. The topological polar surface area (TPSA) is 17.1 Å². The summed E-state index contributed by atoms with van der Waals surface area (Å²) < 4.78 is 0. The first-order valence-electron chi connectivity index (χ1n) is 7.88. The van der Waals surface area contributed by atoms with Crippen LogP contribution in [0.15, 0.2) is 18.2 Å². The molecule has 0 aromatic heterocycles. The van der Waals surface area contributed by atoms with Crippen LogP contribution >= 0.6 is 0 Å². The second-order valence-electron chi connectivity index (χ2n) is 5.87. The lowest BCUT2D eigenvalue weighted by molar-refractivity contribution is -0.122. The Morgan fingerprint density at radius 1 is 1.11 bits per heavy atom. The van der Waals surface area contributed by atoms with Crippen LogP contribution in [0.1, 0.15) is 62.6 Å². The summed E-state index contributed by atoms with van der Waals surface area (Å²) in [6, 6.07) is 6.67. The van der Waals surface area contributed by atoms with Crippen LogP contribution in [0.4, 0.5) is 0 Å². The van der Waals surface area contributed by atoms with E-state index in [-0.39, 0.29) is 5.92 Å². The molecule has 1 aliphatic carbocycles. The molecule has 19 heavy (non-hydrogen) atoms. The maximum atomic E-state index is 12.4. The van der Waals surface area contributed by atoms with E-state index in [2.05, 4.69) is 32.0 Å². The lowest BCUT2D eigenvalue weighted by Crippen LogP contribution is -2.16. The standard InChI is InChI=1S/C18H26O/c1-3-6-16(7-4-2)18(19)13-14-10-11-15-8-5-9-17(15)12-14/h10-12,16H,3-9,13H2,1-2H3. The molecule has 0 fully saturated rings. The molecule has 0 atom stereocenters. The van der Waals surface area contributed by atoms with Gasteiger partial charge in [0.25, 0.3) is 0 Å². The fourth-order valence-corrected chi connectivity index (χ4v) is 3.24. The number of hydrogen-bond donors (Lipinski definition) is 0. The normalized spacial score (nSPS) is 13.8. The zero-order valence-electron chi connectivity index (χ0n) is 12.4. The molecule has 0 heterocycles. The summed E-state index contributed by atoms with van der Waals surface area (Å²) in [5.41, 5.74) is 4.20. The van der Waals surface area contributed by atoms with E-state index in [1.807, 2.05) is 0 Å². The van der Waals surface area contributed by atoms with Crippen molar-refractivity contribution >= 4 is 5.78 Å². The van der Waals surface area contributed by atoms with Crippen molar-refractivity contribution in [2.45, 2.75) is 65.2 Å². The Labute approximate surface area is 117 Å². The van der Waals surface area contributed by atoms with E-state index in [0.29, 0.717) is 12.2 Å². The highest BCUT2D eigenvalue weighted by molar-refractivity contribution is 5.83. The van der Waals surface area contributed by atoms with Crippen molar-refractivity contribution in [2.75, 3.05) is 0 Å². The molecule has 1 aliphatic rings. The molecule has 1 heteroatoms. The number of Topliss-reactive ketones (excluding diaryl/α,β-unsaturated/α-hetero) is 1. The molecule has 0 spiro atoms. The van der Waals surface area contributed by atoms with Gasteiger partial charge in [0.05, 0.1) is 0 Å². The minimum Gasteiger partial charge on any atom is -0.299 e. The smallest absolute Gasteiger partial charge is 0.140 e. The van der Waals surface area contributed by atoms with Crippen molar-refractivity contribution < 1.29 is 4.79 Å². The number of carbonyl (C=O) groups excluding carboxylic acids is 1. The summed E-state index contributed by atoms with van der Waals surface area (Å²) >= 11 is 0. The molecular formula is C18H26O. The van der Waals surface area contributed by atoms with Crippen LogP contribution in [0, 0.1) is 5.92 Å². The van der Waals surface area contributed by atoms with E-state index >= 15 is 0 Å². The number of ketones is 1. The van der Waals surface area contributed by atoms with Crippen molar-refractivity contribution in [3.63, 3.8) is 0 Å².